The summed E-state index contributed by atoms with van der Waals surface area (Å²) in [6, 6.07) is 11.4. The number of nitrogens with zero attached hydrogens (tertiary/aromatic N) is 4. The SMILES string of the molecule is CCOC(=O)[C@@H](Sc1nnc2cc(C)nc(C)n12)c1ccccc1. The van der Waals surface area contributed by atoms with Crippen molar-refractivity contribution in [3.05, 3.63) is 53.5 Å². The van der Waals surface area contributed by atoms with Gasteiger partial charge in [-0.3, -0.25) is 9.20 Å². The highest BCUT2D eigenvalue weighted by Gasteiger charge is 2.26. The van der Waals surface area contributed by atoms with E-state index in [1.54, 1.807) is 6.92 Å². The van der Waals surface area contributed by atoms with E-state index < -0.39 is 5.25 Å². The number of carbonyl (C=O) groups excluding carboxylic acids is 1. The van der Waals surface area contributed by atoms with Crippen LogP contribution in [0.2, 0.25) is 0 Å². The van der Waals surface area contributed by atoms with E-state index in [0.717, 1.165) is 22.7 Å². The topological polar surface area (TPSA) is 69.4 Å². The van der Waals surface area contributed by atoms with Crippen LogP contribution in [0.25, 0.3) is 5.65 Å². The van der Waals surface area contributed by atoms with E-state index >= 15 is 0 Å². The summed E-state index contributed by atoms with van der Waals surface area (Å²) >= 11 is 1.32. The minimum Gasteiger partial charge on any atom is -0.465 e. The number of thioether (sulfide) groups is 1. The Bertz CT molecular complexity index is 864. The van der Waals surface area contributed by atoms with Crippen LogP contribution < -0.4 is 0 Å². The first kappa shape index (κ1) is 16.4. The summed E-state index contributed by atoms with van der Waals surface area (Å²) in [5.41, 5.74) is 2.47. The molecule has 0 bridgehead atoms. The van der Waals surface area contributed by atoms with E-state index in [4.69, 9.17) is 4.74 Å². The molecule has 0 aliphatic rings. The highest BCUT2D eigenvalue weighted by atomic mass is 32.2. The summed E-state index contributed by atoms with van der Waals surface area (Å²) in [7, 11) is 0. The van der Waals surface area contributed by atoms with Gasteiger partial charge >= 0.3 is 5.97 Å². The zero-order valence-corrected chi connectivity index (χ0v) is 14.6. The van der Waals surface area contributed by atoms with E-state index in [1.165, 1.54) is 11.8 Å². The predicted octanol–water partition coefficient (Wildman–Crippen LogP) is 3.14. The molecule has 0 unspecified atom stereocenters. The van der Waals surface area contributed by atoms with Crippen LogP contribution in [0.4, 0.5) is 0 Å². The summed E-state index contributed by atoms with van der Waals surface area (Å²) in [6.45, 7) is 5.95. The molecule has 0 spiro atoms. The van der Waals surface area contributed by atoms with Gasteiger partial charge in [0.25, 0.3) is 0 Å². The van der Waals surface area contributed by atoms with Crippen molar-refractivity contribution in [1.82, 2.24) is 19.6 Å². The Kier molecular flexibility index (Phi) is 4.80. The van der Waals surface area contributed by atoms with Gasteiger partial charge in [-0.2, -0.15) is 0 Å². The summed E-state index contributed by atoms with van der Waals surface area (Å²) in [5.74, 6) is 0.497. The summed E-state index contributed by atoms with van der Waals surface area (Å²) in [4.78, 5) is 16.9. The fourth-order valence-electron chi connectivity index (χ4n) is 2.48. The van der Waals surface area contributed by atoms with Crippen molar-refractivity contribution < 1.29 is 9.53 Å². The lowest BCUT2D eigenvalue weighted by atomic mass is 10.1. The Balaban J connectivity index is 2.00. The number of hydrogen-bond donors (Lipinski definition) is 0. The van der Waals surface area contributed by atoms with Crippen LogP contribution in [-0.4, -0.2) is 32.2 Å². The Labute approximate surface area is 144 Å². The third-order valence-corrected chi connectivity index (χ3v) is 4.66. The standard InChI is InChI=1S/C17H18N4O2S/c1-4-23-16(22)15(13-8-6-5-7-9-13)24-17-20-19-14-10-11(2)18-12(3)21(14)17/h5-10,15H,4H2,1-3H3/t15-/m0/s1. The number of esters is 1. The molecule has 0 saturated carbocycles. The second-order valence-electron chi connectivity index (χ2n) is 5.28. The molecule has 0 aliphatic carbocycles. The van der Waals surface area contributed by atoms with E-state index in [1.807, 2.05) is 54.6 Å². The summed E-state index contributed by atoms with van der Waals surface area (Å²) in [5, 5.41) is 8.55. The van der Waals surface area contributed by atoms with E-state index in [0.29, 0.717) is 11.8 Å². The van der Waals surface area contributed by atoms with Crippen LogP contribution in [0.15, 0.2) is 41.6 Å². The first-order valence-corrected chi connectivity index (χ1v) is 8.55. The van der Waals surface area contributed by atoms with Gasteiger partial charge in [0.1, 0.15) is 11.1 Å². The van der Waals surface area contributed by atoms with Crippen LogP contribution in [0.5, 0.6) is 0 Å². The molecule has 0 amide bonds. The lowest BCUT2D eigenvalue weighted by molar-refractivity contribution is -0.142. The molecule has 24 heavy (non-hydrogen) atoms. The lowest BCUT2D eigenvalue weighted by Gasteiger charge is -2.15. The zero-order valence-electron chi connectivity index (χ0n) is 13.8. The van der Waals surface area contributed by atoms with Gasteiger partial charge in [0.15, 0.2) is 10.8 Å². The van der Waals surface area contributed by atoms with Gasteiger partial charge in [-0.15, -0.1) is 10.2 Å². The van der Waals surface area contributed by atoms with Crippen molar-refractivity contribution in [1.29, 1.82) is 0 Å². The van der Waals surface area contributed by atoms with Crippen molar-refractivity contribution in [2.45, 2.75) is 31.2 Å². The van der Waals surface area contributed by atoms with Gasteiger partial charge in [0, 0.05) is 11.8 Å². The number of fused-ring (bicyclic) bond motifs is 1. The minimum atomic E-state index is -0.501. The highest BCUT2D eigenvalue weighted by molar-refractivity contribution is 8.00. The molecule has 0 N–H and O–H groups in total. The van der Waals surface area contributed by atoms with Gasteiger partial charge in [0.2, 0.25) is 0 Å². The first-order valence-electron chi connectivity index (χ1n) is 7.67. The number of aromatic nitrogens is 4. The maximum atomic E-state index is 12.4. The molecule has 124 valence electrons. The number of ether oxygens (including phenoxy) is 1. The molecule has 1 aromatic carbocycles. The van der Waals surface area contributed by atoms with E-state index in [2.05, 4.69) is 15.2 Å². The van der Waals surface area contributed by atoms with Crippen LogP contribution >= 0.6 is 11.8 Å². The Morgan fingerprint density at radius 2 is 2.00 bits per heavy atom. The van der Waals surface area contributed by atoms with Crippen molar-refractivity contribution in [3.8, 4) is 0 Å². The van der Waals surface area contributed by atoms with Gasteiger partial charge in [-0.1, -0.05) is 42.1 Å². The van der Waals surface area contributed by atoms with E-state index in [-0.39, 0.29) is 5.97 Å². The minimum absolute atomic E-state index is 0.289. The monoisotopic (exact) mass is 342 g/mol. The first-order chi connectivity index (χ1) is 11.6. The normalized spacial score (nSPS) is 12.3. The Morgan fingerprint density at radius 3 is 2.71 bits per heavy atom. The van der Waals surface area contributed by atoms with Crippen molar-refractivity contribution >= 4 is 23.4 Å². The molecular formula is C17H18N4O2S. The average molecular weight is 342 g/mol. The second-order valence-corrected chi connectivity index (χ2v) is 6.35. The number of aryl methyl sites for hydroxylation is 2. The summed E-state index contributed by atoms with van der Waals surface area (Å²) < 4.78 is 7.09. The molecule has 0 radical (unpaired) electrons. The fourth-order valence-corrected chi connectivity index (χ4v) is 3.57. The maximum Gasteiger partial charge on any atom is 0.324 e. The average Bonchev–Trinajstić information content (AvgIpc) is 2.96. The van der Waals surface area contributed by atoms with Crippen molar-refractivity contribution in [2.24, 2.45) is 0 Å². The van der Waals surface area contributed by atoms with Gasteiger partial charge in [-0.25, -0.2) is 4.98 Å². The highest BCUT2D eigenvalue weighted by Crippen LogP contribution is 2.35. The van der Waals surface area contributed by atoms with Gasteiger partial charge in [0.05, 0.1) is 6.61 Å². The Hall–Kier alpha value is -2.41. The van der Waals surface area contributed by atoms with Crippen molar-refractivity contribution in [3.63, 3.8) is 0 Å². The quantitative estimate of drug-likeness (QED) is 0.524. The molecule has 2 aromatic heterocycles. The molecule has 3 aromatic rings. The smallest absolute Gasteiger partial charge is 0.324 e. The molecule has 7 heteroatoms. The van der Waals surface area contributed by atoms with E-state index in [9.17, 15) is 4.79 Å². The number of hydrogen-bond acceptors (Lipinski definition) is 6. The molecule has 6 nitrogen and oxygen atoms in total. The van der Waals surface area contributed by atoms with Gasteiger partial charge in [-0.05, 0) is 26.3 Å². The lowest BCUT2D eigenvalue weighted by Crippen LogP contribution is -2.14. The largest absolute Gasteiger partial charge is 0.465 e. The molecule has 0 fully saturated rings. The van der Waals surface area contributed by atoms with Crippen LogP contribution in [0, 0.1) is 13.8 Å². The third kappa shape index (κ3) is 3.26. The maximum absolute atomic E-state index is 12.4. The molecule has 0 aliphatic heterocycles. The van der Waals surface area contributed by atoms with Crippen molar-refractivity contribution in [2.75, 3.05) is 6.61 Å². The molecule has 2 heterocycles. The molecule has 0 saturated heterocycles. The number of benzene rings is 1. The van der Waals surface area contributed by atoms with Gasteiger partial charge < -0.3 is 4.74 Å². The van der Waals surface area contributed by atoms with Crippen LogP contribution in [0.3, 0.4) is 0 Å². The summed E-state index contributed by atoms with van der Waals surface area (Å²) in [6.07, 6.45) is 0. The third-order valence-electron chi connectivity index (χ3n) is 3.48. The molecule has 1 atom stereocenters. The fraction of sp³-hybridized carbons (Fsp3) is 0.294. The second kappa shape index (κ2) is 7.00. The Morgan fingerprint density at radius 1 is 1.25 bits per heavy atom. The molecule has 3 rings (SSSR count). The zero-order chi connectivity index (χ0) is 17.1. The number of carbonyl (C=O) groups is 1. The van der Waals surface area contributed by atoms with Crippen LogP contribution in [-0.2, 0) is 9.53 Å². The predicted molar refractivity (Wildman–Crippen MR) is 91.9 cm³/mol. The molecular weight excluding hydrogens is 324 g/mol. The van der Waals surface area contributed by atoms with Crippen LogP contribution in [0.1, 0.15) is 29.3 Å². The number of rotatable bonds is 5.